The molecule has 0 atom stereocenters. The van der Waals surface area contributed by atoms with Crippen molar-refractivity contribution in [2.45, 2.75) is 6.54 Å². The summed E-state index contributed by atoms with van der Waals surface area (Å²) in [7, 11) is 1.63. The molecule has 4 aromatic rings. The number of phenols is 1. The highest BCUT2D eigenvalue weighted by molar-refractivity contribution is 6.37. The molecule has 1 aromatic heterocycles. The van der Waals surface area contributed by atoms with E-state index in [9.17, 15) is 19.5 Å². The number of aromatic amines is 1. The molecule has 35 heavy (non-hydrogen) atoms. The van der Waals surface area contributed by atoms with Crippen LogP contribution in [0.15, 0.2) is 76.4 Å². The van der Waals surface area contributed by atoms with Crippen LogP contribution in [0.25, 0.3) is 5.69 Å². The van der Waals surface area contributed by atoms with Gasteiger partial charge in [0.05, 0.1) is 21.3 Å². The molecule has 0 spiro atoms. The van der Waals surface area contributed by atoms with Gasteiger partial charge in [-0.05, 0) is 35.9 Å². The summed E-state index contributed by atoms with van der Waals surface area (Å²) < 4.78 is 6.73. The number of nitrogens with one attached hydrogen (secondary N) is 1. The lowest BCUT2D eigenvalue weighted by molar-refractivity contribution is 0.0781. The topological polar surface area (TPSA) is 118 Å². The van der Waals surface area contributed by atoms with Crippen LogP contribution in [-0.4, -0.2) is 37.7 Å². The number of carbonyl (C=O) groups excluding carboxylic acids is 1. The lowest BCUT2D eigenvalue weighted by Crippen LogP contribution is -2.30. The second-order valence-electron chi connectivity index (χ2n) is 7.52. The molecule has 1 heterocycles. The maximum absolute atomic E-state index is 13.0. The van der Waals surface area contributed by atoms with E-state index in [-0.39, 0.29) is 38.5 Å². The molecule has 3 aromatic carbocycles. The van der Waals surface area contributed by atoms with E-state index in [0.29, 0.717) is 6.54 Å². The van der Waals surface area contributed by atoms with Gasteiger partial charge in [-0.15, -0.1) is 0 Å². The van der Waals surface area contributed by atoms with Crippen LogP contribution in [0.5, 0.6) is 17.2 Å². The van der Waals surface area contributed by atoms with Gasteiger partial charge in [0.2, 0.25) is 0 Å². The Balaban J connectivity index is 1.60. The Hall–Kier alpha value is -4.08. The molecule has 0 unspecified atom stereocenters. The summed E-state index contributed by atoms with van der Waals surface area (Å²) in [6.07, 6.45) is 0.942. The first-order valence-electron chi connectivity index (χ1n) is 10.2. The molecule has 0 radical (unpaired) electrons. The number of phenolic OH excluding ortho intramolecular Hbond substituents is 1. The largest absolute Gasteiger partial charge is 0.507 e. The van der Waals surface area contributed by atoms with Crippen molar-refractivity contribution in [3.63, 3.8) is 0 Å². The van der Waals surface area contributed by atoms with Crippen molar-refractivity contribution in [1.82, 2.24) is 19.7 Å². The summed E-state index contributed by atoms with van der Waals surface area (Å²) in [6.45, 7) is 0.349. The van der Waals surface area contributed by atoms with Crippen LogP contribution in [0.3, 0.4) is 0 Å². The fraction of sp³-hybridized carbons (Fsp3) is 0.0833. The molecule has 0 aliphatic heterocycles. The number of hydrogen-bond donors (Lipinski definition) is 2. The number of carbonyl (C=O) groups is 1. The number of aromatic nitrogens is 3. The van der Waals surface area contributed by atoms with Crippen molar-refractivity contribution in [3.8, 4) is 22.9 Å². The van der Waals surface area contributed by atoms with Crippen molar-refractivity contribution in [2.24, 2.45) is 0 Å². The van der Waals surface area contributed by atoms with Crippen LogP contribution < -0.4 is 16.0 Å². The molecule has 0 bridgehead atoms. The number of rotatable bonds is 6. The predicted molar refractivity (Wildman–Crippen MR) is 131 cm³/mol. The third-order valence-electron chi connectivity index (χ3n) is 4.97. The second-order valence-corrected chi connectivity index (χ2v) is 8.33. The van der Waals surface area contributed by atoms with Crippen LogP contribution >= 0.6 is 23.2 Å². The molecule has 0 fully saturated rings. The number of ether oxygens (including phenoxy) is 1. The second kappa shape index (κ2) is 10.0. The van der Waals surface area contributed by atoms with Crippen molar-refractivity contribution in [1.29, 1.82) is 0 Å². The minimum atomic E-state index is -0.764. The zero-order chi connectivity index (χ0) is 25.1. The Bertz CT molecular complexity index is 1500. The van der Waals surface area contributed by atoms with Crippen molar-refractivity contribution in [2.75, 3.05) is 7.05 Å². The standard InChI is InChI=1S/C24H18Cl2N4O5/c1-29(13-14-5-3-2-4-6-14)23(33)17-11-16(7-8-20(17)31)35-22-18(25)9-15(10-19(22)26)30-24(34)28-21(32)12-27-30/h2-12,31H,13H2,1H3,(H,28,32,34). The molecular formula is C24H18Cl2N4O5. The van der Waals surface area contributed by atoms with Gasteiger partial charge in [0.25, 0.3) is 11.5 Å². The van der Waals surface area contributed by atoms with Crippen LogP contribution in [0, 0.1) is 0 Å². The van der Waals surface area contributed by atoms with E-state index in [1.54, 1.807) is 7.05 Å². The van der Waals surface area contributed by atoms with Gasteiger partial charge in [0.1, 0.15) is 17.7 Å². The maximum atomic E-state index is 13.0. The Morgan fingerprint density at radius 3 is 2.43 bits per heavy atom. The van der Waals surface area contributed by atoms with Gasteiger partial charge in [-0.3, -0.25) is 14.6 Å². The molecule has 11 heteroatoms. The highest BCUT2D eigenvalue weighted by Crippen LogP contribution is 2.39. The van der Waals surface area contributed by atoms with E-state index in [1.165, 1.54) is 35.2 Å². The van der Waals surface area contributed by atoms with Crippen LogP contribution in [-0.2, 0) is 6.54 Å². The van der Waals surface area contributed by atoms with Gasteiger partial charge in [-0.1, -0.05) is 53.5 Å². The molecule has 2 N–H and O–H groups in total. The molecule has 0 aliphatic rings. The Morgan fingerprint density at radius 2 is 1.77 bits per heavy atom. The molecule has 0 saturated carbocycles. The monoisotopic (exact) mass is 512 g/mol. The fourth-order valence-corrected chi connectivity index (χ4v) is 3.86. The molecular weight excluding hydrogens is 495 g/mol. The summed E-state index contributed by atoms with van der Waals surface area (Å²) in [4.78, 5) is 39.8. The summed E-state index contributed by atoms with van der Waals surface area (Å²) in [6, 6.07) is 16.4. The number of aromatic hydroxyl groups is 1. The van der Waals surface area contributed by atoms with E-state index in [1.807, 2.05) is 30.3 Å². The lowest BCUT2D eigenvalue weighted by Gasteiger charge is -2.19. The number of amides is 1. The molecule has 9 nitrogen and oxygen atoms in total. The van der Waals surface area contributed by atoms with Crippen molar-refractivity contribution in [3.05, 3.63) is 109 Å². The number of benzene rings is 3. The zero-order valence-corrected chi connectivity index (χ0v) is 19.7. The first-order chi connectivity index (χ1) is 16.7. The summed E-state index contributed by atoms with van der Waals surface area (Å²) in [5.74, 6) is -0.349. The average Bonchev–Trinajstić information content (AvgIpc) is 2.82. The van der Waals surface area contributed by atoms with Gasteiger partial charge in [-0.2, -0.15) is 9.78 Å². The van der Waals surface area contributed by atoms with Gasteiger partial charge < -0.3 is 14.7 Å². The van der Waals surface area contributed by atoms with Crippen molar-refractivity contribution >= 4 is 29.1 Å². The van der Waals surface area contributed by atoms with Gasteiger partial charge in [0.15, 0.2) is 5.75 Å². The summed E-state index contributed by atoms with van der Waals surface area (Å²) in [5, 5.41) is 14.1. The molecule has 1 amide bonds. The minimum absolute atomic E-state index is 0.0359. The normalized spacial score (nSPS) is 10.7. The Labute approximate surface area is 208 Å². The smallest absolute Gasteiger partial charge is 0.349 e. The third-order valence-corrected chi connectivity index (χ3v) is 5.53. The van der Waals surface area contributed by atoms with E-state index in [4.69, 9.17) is 27.9 Å². The lowest BCUT2D eigenvalue weighted by atomic mass is 10.1. The first-order valence-corrected chi connectivity index (χ1v) is 11.0. The fourth-order valence-electron chi connectivity index (χ4n) is 3.31. The Kier molecular flexibility index (Phi) is 6.90. The summed E-state index contributed by atoms with van der Waals surface area (Å²) in [5.41, 5.74) is -0.230. The SMILES string of the molecule is CN(Cc1ccccc1)C(=O)c1cc(Oc2c(Cl)cc(-n3ncc(=O)[nH]c3=O)cc2Cl)ccc1O. The average molecular weight is 513 g/mol. The molecule has 4 rings (SSSR count). The van der Waals surface area contributed by atoms with Gasteiger partial charge in [0, 0.05) is 13.6 Å². The molecule has 178 valence electrons. The van der Waals surface area contributed by atoms with E-state index in [2.05, 4.69) is 10.1 Å². The van der Waals surface area contributed by atoms with E-state index < -0.39 is 17.2 Å². The highest BCUT2D eigenvalue weighted by Gasteiger charge is 2.19. The van der Waals surface area contributed by atoms with Crippen LogP contribution in [0.1, 0.15) is 15.9 Å². The number of H-pyrrole nitrogens is 1. The van der Waals surface area contributed by atoms with Crippen LogP contribution in [0.4, 0.5) is 0 Å². The maximum Gasteiger partial charge on any atom is 0.349 e. The third kappa shape index (κ3) is 5.37. The predicted octanol–water partition coefficient (Wildman–Crippen LogP) is 4.00. The number of nitrogens with zero attached hydrogens (tertiary/aromatic N) is 3. The first kappa shape index (κ1) is 24.1. The molecule has 0 saturated heterocycles. The number of hydrogen-bond acceptors (Lipinski definition) is 6. The van der Waals surface area contributed by atoms with Crippen LogP contribution in [0.2, 0.25) is 10.0 Å². The summed E-state index contributed by atoms with van der Waals surface area (Å²) >= 11 is 12.7. The molecule has 0 aliphatic carbocycles. The highest BCUT2D eigenvalue weighted by atomic mass is 35.5. The Morgan fingerprint density at radius 1 is 1.09 bits per heavy atom. The number of halogens is 2. The van der Waals surface area contributed by atoms with Gasteiger partial charge >= 0.3 is 5.69 Å². The van der Waals surface area contributed by atoms with Crippen molar-refractivity contribution < 1.29 is 14.6 Å². The van der Waals surface area contributed by atoms with E-state index >= 15 is 0 Å². The van der Waals surface area contributed by atoms with Gasteiger partial charge in [-0.25, -0.2) is 4.79 Å². The quantitative estimate of drug-likeness (QED) is 0.403. The zero-order valence-electron chi connectivity index (χ0n) is 18.2. The minimum Gasteiger partial charge on any atom is -0.507 e. The van der Waals surface area contributed by atoms with E-state index in [0.717, 1.165) is 16.4 Å².